The van der Waals surface area contributed by atoms with Gasteiger partial charge in [0, 0.05) is 24.8 Å². The first-order chi connectivity index (χ1) is 11.0. The summed E-state index contributed by atoms with van der Waals surface area (Å²) in [5, 5.41) is 11.3. The highest BCUT2D eigenvalue weighted by Crippen LogP contribution is 2.47. The maximum atomic E-state index is 12.9. The molecule has 0 saturated heterocycles. The number of hydrogen-bond donors (Lipinski definition) is 1. The molecule has 6 heteroatoms. The summed E-state index contributed by atoms with van der Waals surface area (Å²) in [6, 6.07) is 13.2. The molecular formula is C17H15ClO5. The van der Waals surface area contributed by atoms with Gasteiger partial charge in [-0.3, -0.25) is 4.79 Å². The third-order valence-electron chi connectivity index (χ3n) is 3.93. The highest BCUT2D eigenvalue weighted by atomic mass is 35.5. The van der Waals surface area contributed by atoms with Gasteiger partial charge in [0.05, 0.1) is 5.56 Å². The summed E-state index contributed by atoms with van der Waals surface area (Å²) in [5.41, 5.74) is 0.575. The van der Waals surface area contributed by atoms with E-state index in [4.69, 9.17) is 25.8 Å². The van der Waals surface area contributed by atoms with Crippen molar-refractivity contribution in [1.29, 1.82) is 0 Å². The number of rotatable bonds is 3. The van der Waals surface area contributed by atoms with Crippen molar-refractivity contribution in [2.75, 3.05) is 14.2 Å². The van der Waals surface area contributed by atoms with Crippen LogP contribution in [0.25, 0.3) is 0 Å². The Hall–Kier alpha value is -1.92. The summed E-state index contributed by atoms with van der Waals surface area (Å²) in [5.74, 6) is -4.62. The van der Waals surface area contributed by atoms with Crippen LogP contribution in [0.15, 0.2) is 48.5 Å². The first-order valence-corrected chi connectivity index (χ1v) is 7.28. The highest BCUT2D eigenvalue weighted by molar-refractivity contribution is 6.31. The molecule has 23 heavy (non-hydrogen) atoms. The molecule has 1 N–H and O–H groups in total. The van der Waals surface area contributed by atoms with Crippen LogP contribution in [0, 0.1) is 0 Å². The van der Waals surface area contributed by atoms with Crippen LogP contribution in [-0.2, 0) is 15.3 Å². The average molecular weight is 335 g/mol. The van der Waals surface area contributed by atoms with Crippen LogP contribution in [-0.4, -0.2) is 30.9 Å². The molecule has 0 saturated carbocycles. The van der Waals surface area contributed by atoms with Gasteiger partial charge >= 0.3 is 5.79 Å². The number of fused-ring (bicyclic) bond motifs is 1. The molecule has 120 valence electrons. The van der Waals surface area contributed by atoms with E-state index in [1.54, 1.807) is 42.5 Å². The molecule has 5 nitrogen and oxygen atoms in total. The summed E-state index contributed by atoms with van der Waals surface area (Å²) in [4.78, 5) is 12.9. The van der Waals surface area contributed by atoms with Crippen LogP contribution in [0.2, 0.25) is 5.02 Å². The molecule has 1 aliphatic rings. The van der Waals surface area contributed by atoms with Crippen molar-refractivity contribution >= 4 is 17.4 Å². The standard InChI is InChI=1S/C17H15ClO5/c1-21-16(20)15(19)13-10-12(18)8-9-14(13)23-17(16,22-2)11-6-4-3-5-7-11/h3-10,20H,1-2H3. The summed E-state index contributed by atoms with van der Waals surface area (Å²) in [6.07, 6.45) is 0. The lowest BCUT2D eigenvalue weighted by molar-refractivity contribution is -0.346. The number of ether oxygens (including phenoxy) is 3. The van der Waals surface area contributed by atoms with E-state index < -0.39 is 17.4 Å². The van der Waals surface area contributed by atoms with Gasteiger partial charge in [-0.2, -0.15) is 0 Å². The largest absolute Gasteiger partial charge is 0.451 e. The van der Waals surface area contributed by atoms with Gasteiger partial charge < -0.3 is 19.3 Å². The normalized spacial score (nSPS) is 26.5. The number of hydrogen-bond acceptors (Lipinski definition) is 5. The van der Waals surface area contributed by atoms with E-state index in [-0.39, 0.29) is 11.3 Å². The zero-order valence-electron chi connectivity index (χ0n) is 12.6. The summed E-state index contributed by atoms with van der Waals surface area (Å²) >= 11 is 5.94. The Morgan fingerprint density at radius 1 is 1.09 bits per heavy atom. The first-order valence-electron chi connectivity index (χ1n) is 6.90. The molecule has 1 heterocycles. The van der Waals surface area contributed by atoms with E-state index in [2.05, 4.69) is 0 Å². The number of carbonyl (C=O) groups excluding carboxylic acids is 1. The van der Waals surface area contributed by atoms with E-state index in [9.17, 15) is 9.90 Å². The second-order valence-electron chi connectivity index (χ2n) is 5.11. The molecule has 0 spiro atoms. The molecule has 0 fully saturated rings. The molecular weight excluding hydrogens is 320 g/mol. The molecule has 1 aliphatic heterocycles. The third-order valence-corrected chi connectivity index (χ3v) is 4.17. The van der Waals surface area contributed by atoms with Crippen LogP contribution in [0.5, 0.6) is 5.75 Å². The number of halogens is 1. The van der Waals surface area contributed by atoms with E-state index >= 15 is 0 Å². The number of aliphatic hydroxyl groups is 1. The number of Topliss-reactive ketones (excluding diaryl/α,β-unsaturated/α-hetero) is 1. The van der Waals surface area contributed by atoms with Crippen LogP contribution in [0.1, 0.15) is 15.9 Å². The Labute approximate surface area is 138 Å². The quantitative estimate of drug-likeness (QED) is 0.874. The average Bonchev–Trinajstić information content (AvgIpc) is 2.59. The minimum absolute atomic E-state index is 0.130. The zero-order chi connectivity index (χ0) is 16.7. The fraction of sp³-hybridized carbons (Fsp3) is 0.235. The monoisotopic (exact) mass is 334 g/mol. The summed E-state index contributed by atoms with van der Waals surface area (Å²) < 4.78 is 16.5. The molecule has 2 atom stereocenters. The van der Waals surface area contributed by atoms with E-state index in [0.717, 1.165) is 0 Å². The molecule has 0 aromatic heterocycles. The lowest BCUT2D eigenvalue weighted by atomic mass is 9.86. The number of carbonyl (C=O) groups is 1. The summed E-state index contributed by atoms with van der Waals surface area (Å²) in [6.45, 7) is 0. The molecule has 2 unspecified atom stereocenters. The van der Waals surface area contributed by atoms with Crippen molar-refractivity contribution in [2.45, 2.75) is 11.6 Å². The minimum atomic E-state index is -2.36. The van der Waals surface area contributed by atoms with Gasteiger partial charge in [0.2, 0.25) is 5.78 Å². The lowest BCUT2D eigenvalue weighted by Crippen LogP contribution is -2.64. The molecule has 0 radical (unpaired) electrons. The molecule has 0 aliphatic carbocycles. The Kier molecular flexibility index (Phi) is 3.90. The van der Waals surface area contributed by atoms with Gasteiger partial charge in [0.25, 0.3) is 5.79 Å². The molecule has 0 amide bonds. The van der Waals surface area contributed by atoms with Crippen LogP contribution in [0.3, 0.4) is 0 Å². The van der Waals surface area contributed by atoms with Gasteiger partial charge in [0.1, 0.15) is 5.75 Å². The Morgan fingerprint density at radius 2 is 1.78 bits per heavy atom. The van der Waals surface area contributed by atoms with Crippen molar-refractivity contribution in [3.05, 3.63) is 64.7 Å². The van der Waals surface area contributed by atoms with Crippen molar-refractivity contribution in [1.82, 2.24) is 0 Å². The third kappa shape index (κ3) is 2.16. The second-order valence-corrected chi connectivity index (χ2v) is 5.54. The van der Waals surface area contributed by atoms with Gasteiger partial charge in [0.15, 0.2) is 0 Å². The van der Waals surface area contributed by atoms with E-state index in [1.807, 2.05) is 0 Å². The number of ketones is 1. The predicted molar refractivity (Wildman–Crippen MR) is 83.5 cm³/mol. The van der Waals surface area contributed by atoms with Gasteiger partial charge in [-0.05, 0) is 18.2 Å². The van der Waals surface area contributed by atoms with Crippen molar-refractivity contribution in [3.63, 3.8) is 0 Å². The fourth-order valence-electron chi connectivity index (χ4n) is 2.76. The maximum Gasteiger partial charge on any atom is 0.304 e. The topological polar surface area (TPSA) is 65.0 Å². The van der Waals surface area contributed by atoms with E-state index in [0.29, 0.717) is 10.6 Å². The van der Waals surface area contributed by atoms with Crippen LogP contribution >= 0.6 is 11.6 Å². The molecule has 2 aromatic carbocycles. The Balaban J connectivity index is 2.28. The minimum Gasteiger partial charge on any atom is -0.451 e. The second kappa shape index (κ2) is 5.62. The Morgan fingerprint density at radius 3 is 2.39 bits per heavy atom. The van der Waals surface area contributed by atoms with Crippen molar-refractivity contribution in [2.24, 2.45) is 0 Å². The predicted octanol–water partition coefficient (Wildman–Crippen LogP) is 2.75. The first kappa shape index (κ1) is 16.0. The molecule has 3 rings (SSSR count). The highest BCUT2D eigenvalue weighted by Gasteiger charge is 2.64. The smallest absolute Gasteiger partial charge is 0.304 e. The lowest BCUT2D eigenvalue weighted by Gasteiger charge is -2.46. The maximum absolute atomic E-state index is 12.9. The summed E-state index contributed by atoms with van der Waals surface area (Å²) in [7, 11) is 2.55. The van der Waals surface area contributed by atoms with Gasteiger partial charge in [-0.1, -0.05) is 41.9 Å². The van der Waals surface area contributed by atoms with Gasteiger partial charge in [-0.25, -0.2) is 0 Å². The van der Waals surface area contributed by atoms with Crippen LogP contribution < -0.4 is 4.74 Å². The van der Waals surface area contributed by atoms with Crippen LogP contribution in [0.4, 0.5) is 0 Å². The van der Waals surface area contributed by atoms with Crippen molar-refractivity contribution < 1.29 is 24.1 Å². The Bertz CT molecular complexity index is 748. The fourth-order valence-corrected chi connectivity index (χ4v) is 2.93. The van der Waals surface area contributed by atoms with E-state index in [1.165, 1.54) is 20.3 Å². The molecule has 0 bridgehead atoms. The van der Waals surface area contributed by atoms with Crippen molar-refractivity contribution in [3.8, 4) is 5.75 Å². The number of methoxy groups -OCH3 is 2. The van der Waals surface area contributed by atoms with Gasteiger partial charge in [-0.15, -0.1) is 0 Å². The number of benzene rings is 2. The molecule has 2 aromatic rings. The SMILES string of the molecule is COC1(O)C(=O)c2cc(Cl)ccc2OC1(OC)c1ccccc1. The zero-order valence-corrected chi connectivity index (χ0v) is 13.3.